The van der Waals surface area contributed by atoms with Crippen molar-refractivity contribution in [2.24, 2.45) is 4.99 Å². The van der Waals surface area contributed by atoms with Crippen LogP contribution >= 0.6 is 0 Å². The fourth-order valence-electron chi connectivity index (χ4n) is 0.686. The zero-order valence-electron chi connectivity index (χ0n) is 6.15. The lowest BCUT2D eigenvalue weighted by Crippen LogP contribution is -2.01. The van der Waals surface area contributed by atoms with Crippen molar-refractivity contribution in [2.75, 3.05) is 0 Å². The summed E-state index contributed by atoms with van der Waals surface area (Å²) in [6, 6.07) is 3.69. The van der Waals surface area contributed by atoms with Gasteiger partial charge in [0.15, 0.2) is 5.82 Å². The molecule has 0 atom stereocenters. The summed E-state index contributed by atoms with van der Waals surface area (Å²) < 4.78 is 0. The van der Waals surface area contributed by atoms with Crippen molar-refractivity contribution in [1.82, 2.24) is 10.5 Å². The van der Waals surface area contributed by atoms with Crippen LogP contribution in [0.5, 0.6) is 0 Å². The normalized spacial score (nSPS) is 10.4. The second-order valence-corrected chi connectivity index (χ2v) is 2.08. The maximum Gasteiger partial charge on any atom is 0.153 e. The number of nitrogens with zero attached hydrogens (tertiary/aromatic N) is 2. The highest BCUT2D eigenvalue weighted by Crippen LogP contribution is 2.07. The number of aliphatic imine (C=N–C) groups is 1. The Kier molecular flexibility index (Phi) is 2.57. The quantitative estimate of drug-likeness (QED) is 0.377. The number of hydroxylamine groups is 1. The van der Waals surface area contributed by atoms with Crippen LogP contribution in [0.2, 0.25) is 0 Å². The molecule has 0 aliphatic heterocycles. The van der Waals surface area contributed by atoms with E-state index in [9.17, 15) is 0 Å². The van der Waals surface area contributed by atoms with Gasteiger partial charge in [-0.2, -0.15) is 0 Å². The fourth-order valence-corrected chi connectivity index (χ4v) is 0.686. The van der Waals surface area contributed by atoms with E-state index in [4.69, 9.17) is 5.21 Å². The minimum Gasteiger partial charge on any atom is -0.290 e. The molecule has 0 unspecified atom stereocenters. The molecule has 0 saturated heterocycles. The molecule has 11 heavy (non-hydrogen) atoms. The summed E-state index contributed by atoms with van der Waals surface area (Å²) in [5, 5.41) is 8.17. The number of hydrogen-bond donors (Lipinski definition) is 2. The first-order valence-corrected chi connectivity index (χ1v) is 3.18. The topological polar surface area (TPSA) is 57.5 Å². The van der Waals surface area contributed by atoms with E-state index in [0.717, 1.165) is 5.56 Å². The summed E-state index contributed by atoms with van der Waals surface area (Å²) in [5.41, 5.74) is 2.89. The van der Waals surface area contributed by atoms with Gasteiger partial charge in [-0.3, -0.25) is 10.7 Å². The van der Waals surface area contributed by atoms with Crippen LogP contribution in [0.3, 0.4) is 0 Å². The number of rotatable bonds is 2. The number of nitrogens with one attached hydrogen (secondary N) is 1. The van der Waals surface area contributed by atoms with E-state index in [2.05, 4.69) is 9.98 Å². The lowest BCUT2D eigenvalue weighted by atomic mass is 10.3. The number of pyridine rings is 1. The maximum atomic E-state index is 8.17. The Bertz CT molecular complexity index is 260. The molecule has 2 N–H and O–H groups in total. The standard InChI is InChI=1S/C7H9N3O/c1-6-2-3-8-7(4-6)9-5-10-11/h2-5,11H,1H3,(H,8,9,10). The molecular formula is C7H9N3O. The van der Waals surface area contributed by atoms with Gasteiger partial charge < -0.3 is 0 Å². The third-order valence-corrected chi connectivity index (χ3v) is 1.16. The van der Waals surface area contributed by atoms with Crippen molar-refractivity contribution in [3.05, 3.63) is 23.9 Å². The van der Waals surface area contributed by atoms with E-state index in [1.807, 2.05) is 19.1 Å². The Morgan fingerprint density at radius 2 is 2.55 bits per heavy atom. The van der Waals surface area contributed by atoms with Gasteiger partial charge in [-0.1, -0.05) is 0 Å². The van der Waals surface area contributed by atoms with Crippen LogP contribution in [0.4, 0.5) is 5.82 Å². The molecule has 0 aromatic carbocycles. The monoisotopic (exact) mass is 151 g/mol. The highest BCUT2D eigenvalue weighted by atomic mass is 16.5. The van der Waals surface area contributed by atoms with Gasteiger partial charge in [0, 0.05) is 6.20 Å². The summed E-state index contributed by atoms with van der Waals surface area (Å²) >= 11 is 0. The smallest absolute Gasteiger partial charge is 0.153 e. The Balaban J connectivity index is 2.79. The first-order chi connectivity index (χ1) is 5.33. The first-order valence-electron chi connectivity index (χ1n) is 3.18. The van der Waals surface area contributed by atoms with Crippen LogP contribution in [0, 0.1) is 6.92 Å². The fraction of sp³-hybridized carbons (Fsp3) is 0.143. The van der Waals surface area contributed by atoms with Crippen LogP contribution in [-0.2, 0) is 0 Å². The van der Waals surface area contributed by atoms with Crippen molar-refractivity contribution in [1.29, 1.82) is 0 Å². The largest absolute Gasteiger partial charge is 0.290 e. The lowest BCUT2D eigenvalue weighted by Gasteiger charge is -1.92. The molecule has 1 aromatic rings. The van der Waals surface area contributed by atoms with E-state index < -0.39 is 0 Å². The van der Waals surface area contributed by atoms with E-state index in [0.29, 0.717) is 5.82 Å². The van der Waals surface area contributed by atoms with Gasteiger partial charge >= 0.3 is 0 Å². The van der Waals surface area contributed by atoms with Crippen molar-refractivity contribution in [3.8, 4) is 0 Å². The second kappa shape index (κ2) is 3.68. The van der Waals surface area contributed by atoms with Crippen molar-refractivity contribution in [3.63, 3.8) is 0 Å². The molecule has 1 heterocycles. The van der Waals surface area contributed by atoms with Crippen molar-refractivity contribution >= 4 is 12.2 Å². The molecule has 0 radical (unpaired) electrons. The molecule has 1 rings (SSSR count). The van der Waals surface area contributed by atoms with Crippen LogP contribution in [0.1, 0.15) is 5.56 Å². The van der Waals surface area contributed by atoms with Gasteiger partial charge in [0.1, 0.15) is 6.34 Å². The highest BCUT2D eigenvalue weighted by Gasteiger charge is 1.87. The minimum atomic E-state index is 0.576. The molecule has 0 fully saturated rings. The summed E-state index contributed by atoms with van der Waals surface area (Å²) in [4.78, 5) is 7.72. The molecule has 58 valence electrons. The molecule has 0 amide bonds. The highest BCUT2D eigenvalue weighted by molar-refractivity contribution is 5.57. The maximum absolute atomic E-state index is 8.17. The van der Waals surface area contributed by atoms with Crippen LogP contribution in [-0.4, -0.2) is 16.5 Å². The van der Waals surface area contributed by atoms with Gasteiger partial charge in [-0.25, -0.2) is 9.98 Å². The van der Waals surface area contributed by atoms with Crippen molar-refractivity contribution in [2.45, 2.75) is 6.92 Å². The first kappa shape index (κ1) is 7.68. The number of aromatic nitrogens is 1. The molecule has 0 aliphatic rings. The van der Waals surface area contributed by atoms with E-state index in [-0.39, 0.29) is 0 Å². The summed E-state index contributed by atoms with van der Waals surface area (Å²) in [6.45, 7) is 1.95. The molecule has 0 spiro atoms. The Labute approximate surface area is 64.6 Å². The molecule has 0 bridgehead atoms. The number of hydrogen-bond acceptors (Lipinski definition) is 3. The third-order valence-electron chi connectivity index (χ3n) is 1.16. The van der Waals surface area contributed by atoms with Gasteiger partial charge in [0.05, 0.1) is 0 Å². The summed E-state index contributed by atoms with van der Waals surface area (Å²) in [5.74, 6) is 0.576. The molecular weight excluding hydrogens is 142 g/mol. The molecule has 4 heteroatoms. The van der Waals surface area contributed by atoms with Crippen molar-refractivity contribution < 1.29 is 5.21 Å². The second-order valence-electron chi connectivity index (χ2n) is 2.08. The van der Waals surface area contributed by atoms with E-state index >= 15 is 0 Å². The molecule has 0 aliphatic carbocycles. The summed E-state index contributed by atoms with van der Waals surface area (Å²) in [6.07, 6.45) is 2.83. The van der Waals surface area contributed by atoms with Crippen LogP contribution in [0.15, 0.2) is 23.3 Å². The van der Waals surface area contributed by atoms with Gasteiger partial charge in [0.2, 0.25) is 0 Å². The molecule has 1 aromatic heterocycles. The zero-order chi connectivity index (χ0) is 8.10. The average molecular weight is 151 g/mol. The predicted octanol–water partition coefficient (Wildman–Crippen LogP) is 1.03. The number of aryl methyl sites for hydroxylation is 1. The Morgan fingerprint density at radius 1 is 1.73 bits per heavy atom. The molecule has 4 nitrogen and oxygen atoms in total. The van der Waals surface area contributed by atoms with Crippen LogP contribution < -0.4 is 5.48 Å². The van der Waals surface area contributed by atoms with Gasteiger partial charge in [-0.05, 0) is 24.6 Å². The summed E-state index contributed by atoms with van der Waals surface area (Å²) in [7, 11) is 0. The van der Waals surface area contributed by atoms with E-state index in [1.165, 1.54) is 6.34 Å². The minimum absolute atomic E-state index is 0.576. The zero-order valence-corrected chi connectivity index (χ0v) is 6.15. The Morgan fingerprint density at radius 3 is 3.18 bits per heavy atom. The Hall–Kier alpha value is -1.42. The van der Waals surface area contributed by atoms with Crippen LogP contribution in [0.25, 0.3) is 0 Å². The average Bonchev–Trinajstić information content (AvgIpc) is 2.01. The third kappa shape index (κ3) is 2.35. The SMILES string of the molecule is Cc1ccnc(N=CNO)c1. The lowest BCUT2D eigenvalue weighted by molar-refractivity contribution is 0.240. The van der Waals surface area contributed by atoms with Gasteiger partial charge in [-0.15, -0.1) is 0 Å². The predicted molar refractivity (Wildman–Crippen MR) is 42.0 cm³/mol. The van der Waals surface area contributed by atoms with E-state index in [1.54, 1.807) is 11.7 Å². The molecule has 0 saturated carbocycles. The van der Waals surface area contributed by atoms with Gasteiger partial charge in [0.25, 0.3) is 0 Å².